The van der Waals surface area contributed by atoms with Gasteiger partial charge in [-0.1, -0.05) is 17.7 Å². The number of fused-ring (bicyclic) bond motifs is 1. The molecule has 0 aliphatic carbocycles. The van der Waals surface area contributed by atoms with E-state index in [1.165, 1.54) is 22.7 Å². The molecule has 2 heterocycles. The van der Waals surface area contributed by atoms with Gasteiger partial charge in [-0.2, -0.15) is 3.97 Å². The number of rotatable bonds is 2. The summed E-state index contributed by atoms with van der Waals surface area (Å²) in [6.07, 6.45) is 2.83. The molecule has 3 aromatic rings. The Kier molecular flexibility index (Phi) is 2.76. The van der Waals surface area contributed by atoms with Crippen LogP contribution in [0.25, 0.3) is 5.52 Å². The van der Waals surface area contributed by atoms with Crippen molar-refractivity contribution in [3.05, 3.63) is 70.9 Å². The molecule has 2 aromatic heterocycles. The van der Waals surface area contributed by atoms with E-state index in [4.69, 9.17) is 0 Å². The maximum absolute atomic E-state index is 12.5. The summed E-state index contributed by atoms with van der Waals surface area (Å²) < 4.78 is 27.0. The van der Waals surface area contributed by atoms with Gasteiger partial charge in [-0.3, -0.25) is 4.40 Å². The molecule has 5 nitrogen and oxygen atoms in total. The van der Waals surface area contributed by atoms with Gasteiger partial charge < -0.3 is 0 Å². The van der Waals surface area contributed by atoms with E-state index in [0.29, 0.717) is 5.52 Å². The van der Waals surface area contributed by atoms with Gasteiger partial charge in [0.05, 0.1) is 10.4 Å². The molecule has 1 aromatic carbocycles. The maximum Gasteiger partial charge on any atom is 0.346 e. The fourth-order valence-corrected chi connectivity index (χ4v) is 3.25. The third-order valence-corrected chi connectivity index (χ3v) is 4.80. The average Bonchev–Trinajstić information content (AvgIpc) is 2.88. The minimum atomic E-state index is -3.87. The van der Waals surface area contributed by atoms with Gasteiger partial charge in [0.2, 0.25) is 0 Å². The highest BCUT2D eigenvalue weighted by Gasteiger charge is 2.19. The smallest absolute Gasteiger partial charge is 0.269 e. The van der Waals surface area contributed by atoms with Gasteiger partial charge in [0.25, 0.3) is 10.0 Å². The monoisotopic (exact) mass is 288 g/mol. The first-order chi connectivity index (χ1) is 9.50. The number of hydrogen-bond acceptors (Lipinski definition) is 3. The fourth-order valence-electron chi connectivity index (χ4n) is 2.02. The lowest BCUT2D eigenvalue weighted by molar-refractivity contribution is 0.583. The summed E-state index contributed by atoms with van der Waals surface area (Å²) in [6.45, 7) is 1.87. The molecule has 0 fully saturated rings. The van der Waals surface area contributed by atoms with E-state index < -0.39 is 15.7 Å². The molecule has 0 aliphatic heterocycles. The van der Waals surface area contributed by atoms with Crippen LogP contribution in [0.5, 0.6) is 0 Å². The SMILES string of the molecule is Cc1ccc(S(=O)(=O)n2ccc3cccn3c2=O)cc1. The second-order valence-corrected chi connectivity index (χ2v) is 6.33. The zero-order chi connectivity index (χ0) is 14.3. The van der Waals surface area contributed by atoms with Gasteiger partial charge in [-0.25, -0.2) is 13.2 Å². The third-order valence-electron chi connectivity index (χ3n) is 3.13. The molecule has 0 N–H and O–H groups in total. The third kappa shape index (κ3) is 1.85. The second-order valence-electron chi connectivity index (χ2n) is 4.52. The summed E-state index contributed by atoms with van der Waals surface area (Å²) in [5.41, 5.74) is 1.01. The summed E-state index contributed by atoms with van der Waals surface area (Å²) in [6, 6.07) is 11.4. The summed E-state index contributed by atoms with van der Waals surface area (Å²) in [4.78, 5) is 12.3. The molecule has 0 atom stereocenters. The second kappa shape index (κ2) is 4.35. The van der Waals surface area contributed by atoms with Crippen molar-refractivity contribution in [1.82, 2.24) is 8.37 Å². The van der Waals surface area contributed by atoms with E-state index in [1.54, 1.807) is 36.5 Å². The Morgan fingerprint density at radius 1 is 0.950 bits per heavy atom. The van der Waals surface area contributed by atoms with Crippen LogP contribution in [0.3, 0.4) is 0 Å². The number of aryl methyl sites for hydroxylation is 1. The fraction of sp³-hybridized carbons (Fsp3) is 0.0714. The van der Waals surface area contributed by atoms with Crippen LogP contribution in [0.4, 0.5) is 0 Å². The van der Waals surface area contributed by atoms with Gasteiger partial charge in [-0.15, -0.1) is 0 Å². The quantitative estimate of drug-likeness (QED) is 0.720. The van der Waals surface area contributed by atoms with E-state index in [0.717, 1.165) is 9.54 Å². The molecule has 0 saturated carbocycles. The minimum Gasteiger partial charge on any atom is -0.269 e. The van der Waals surface area contributed by atoms with E-state index in [2.05, 4.69) is 0 Å². The molecule has 0 saturated heterocycles. The lowest BCUT2D eigenvalue weighted by Gasteiger charge is -2.08. The largest absolute Gasteiger partial charge is 0.346 e. The maximum atomic E-state index is 12.5. The van der Waals surface area contributed by atoms with Crippen molar-refractivity contribution in [3.63, 3.8) is 0 Å². The normalized spacial score (nSPS) is 11.8. The molecule has 0 bridgehead atoms. The molecular formula is C14H12N2O3S. The predicted molar refractivity (Wildman–Crippen MR) is 75.4 cm³/mol. The van der Waals surface area contributed by atoms with Crippen molar-refractivity contribution in [2.75, 3.05) is 0 Å². The molecule has 0 radical (unpaired) electrons. The first-order valence-electron chi connectivity index (χ1n) is 6.01. The highest BCUT2D eigenvalue weighted by Crippen LogP contribution is 2.13. The van der Waals surface area contributed by atoms with E-state index >= 15 is 0 Å². The van der Waals surface area contributed by atoms with Crippen LogP contribution in [-0.2, 0) is 10.0 Å². The van der Waals surface area contributed by atoms with Crippen LogP contribution in [0, 0.1) is 6.92 Å². The van der Waals surface area contributed by atoms with Crippen LogP contribution in [0.1, 0.15) is 5.56 Å². The van der Waals surface area contributed by atoms with Crippen LogP contribution in [-0.4, -0.2) is 16.8 Å². The van der Waals surface area contributed by atoms with Gasteiger partial charge >= 0.3 is 5.69 Å². The summed E-state index contributed by atoms with van der Waals surface area (Å²) >= 11 is 0. The summed E-state index contributed by atoms with van der Waals surface area (Å²) in [7, 11) is -3.87. The average molecular weight is 288 g/mol. The number of aromatic nitrogens is 2. The van der Waals surface area contributed by atoms with Crippen molar-refractivity contribution in [1.29, 1.82) is 0 Å². The Morgan fingerprint density at radius 2 is 1.65 bits per heavy atom. The van der Waals surface area contributed by atoms with Crippen LogP contribution in [0.15, 0.2) is 64.5 Å². The number of nitrogens with zero attached hydrogens (tertiary/aromatic N) is 2. The number of benzene rings is 1. The minimum absolute atomic E-state index is 0.0942. The molecular weight excluding hydrogens is 276 g/mol. The molecule has 3 rings (SSSR count). The summed E-state index contributed by atoms with van der Waals surface area (Å²) in [5, 5.41) is 0. The van der Waals surface area contributed by atoms with Crippen LogP contribution >= 0.6 is 0 Å². The Bertz CT molecular complexity index is 934. The first kappa shape index (κ1) is 12.7. The number of hydrogen-bond donors (Lipinski definition) is 0. The van der Waals surface area contributed by atoms with E-state index in [1.807, 2.05) is 6.92 Å². The zero-order valence-corrected chi connectivity index (χ0v) is 11.5. The molecule has 0 amide bonds. The summed E-state index contributed by atoms with van der Waals surface area (Å²) in [5.74, 6) is 0. The van der Waals surface area contributed by atoms with Crippen molar-refractivity contribution in [2.45, 2.75) is 11.8 Å². The van der Waals surface area contributed by atoms with Gasteiger partial charge in [0.15, 0.2) is 0 Å². The van der Waals surface area contributed by atoms with Gasteiger partial charge in [-0.05, 0) is 37.3 Å². The zero-order valence-electron chi connectivity index (χ0n) is 10.7. The van der Waals surface area contributed by atoms with Crippen molar-refractivity contribution in [2.24, 2.45) is 0 Å². The van der Waals surface area contributed by atoms with E-state index in [9.17, 15) is 13.2 Å². The molecule has 6 heteroatoms. The van der Waals surface area contributed by atoms with Gasteiger partial charge in [0.1, 0.15) is 0 Å². The molecule has 0 unspecified atom stereocenters. The van der Waals surface area contributed by atoms with Crippen molar-refractivity contribution < 1.29 is 8.42 Å². The van der Waals surface area contributed by atoms with Crippen LogP contribution in [0.2, 0.25) is 0 Å². The Balaban J connectivity index is 2.26. The Morgan fingerprint density at radius 3 is 2.35 bits per heavy atom. The first-order valence-corrected chi connectivity index (χ1v) is 7.45. The Labute approximate surface area is 115 Å². The lowest BCUT2D eigenvalue weighted by Crippen LogP contribution is -2.31. The van der Waals surface area contributed by atoms with Crippen LogP contribution < -0.4 is 5.69 Å². The predicted octanol–water partition coefficient (Wildman–Crippen LogP) is 1.65. The topological polar surface area (TPSA) is 60.6 Å². The molecule has 20 heavy (non-hydrogen) atoms. The lowest BCUT2D eigenvalue weighted by atomic mass is 10.2. The molecule has 0 aliphatic rings. The standard InChI is InChI=1S/C14H12N2O3S/c1-11-4-6-13(7-5-11)20(18,19)16-10-8-12-3-2-9-15(12)14(16)17/h2-10H,1H3. The molecule has 102 valence electrons. The molecule has 0 spiro atoms. The van der Waals surface area contributed by atoms with Crippen molar-refractivity contribution in [3.8, 4) is 0 Å². The highest BCUT2D eigenvalue weighted by molar-refractivity contribution is 7.90. The van der Waals surface area contributed by atoms with Crippen molar-refractivity contribution >= 4 is 15.5 Å². The highest BCUT2D eigenvalue weighted by atomic mass is 32.2. The van der Waals surface area contributed by atoms with Gasteiger partial charge in [0, 0.05) is 12.4 Å². The Hall–Kier alpha value is -2.34. The van der Waals surface area contributed by atoms with E-state index in [-0.39, 0.29) is 4.90 Å².